The summed E-state index contributed by atoms with van der Waals surface area (Å²) in [6, 6.07) is 4.25. The first-order chi connectivity index (χ1) is 8.65. The summed E-state index contributed by atoms with van der Waals surface area (Å²) in [4.78, 5) is 0. The van der Waals surface area contributed by atoms with Crippen LogP contribution in [0.3, 0.4) is 0 Å². The van der Waals surface area contributed by atoms with Crippen molar-refractivity contribution in [2.24, 2.45) is 5.73 Å². The smallest absolute Gasteiger partial charge is 0.149 e. The molecule has 1 heterocycles. The molecule has 1 unspecified atom stereocenters. The zero-order valence-electron chi connectivity index (χ0n) is 10.3. The van der Waals surface area contributed by atoms with Gasteiger partial charge in [-0.05, 0) is 18.6 Å². The third-order valence-electron chi connectivity index (χ3n) is 2.73. The number of hydrogen-bond acceptors (Lipinski definition) is 4. The molecule has 0 aliphatic carbocycles. The van der Waals surface area contributed by atoms with Crippen LogP contribution < -0.4 is 10.5 Å². The number of ether oxygens (including phenoxy) is 1. The SMILES string of the molecule is CCC(N)c1cn(-c2cc(OC)ccc2F)nn1. The molecule has 2 rings (SSSR count). The average molecular weight is 250 g/mol. The van der Waals surface area contributed by atoms with Gasteiger partial charge in [-0.2, -0.15) is 0 Å². The van der Waals surface area contributed by atoms with Crippen LogP contribution in [0.15, 0.2) is 24.4 Å². The minimum absolute atomic E-state index is 0.188. The third-order valence-corrected chi connectivity index (χ3v) is 2.73. The van der Waals surface area contributed by atoms with Crippen molar-refractivity contribution in [3.8, 4) is 11.4 Å². The Kier molecular flexibility index (Phi) is 3.57. The predicted octanol–water partition coefficient (Wildman–Crippen LogP) is 1.82. The standard InChI is InChI=1S/C12H15FN4O/c1-3-10(14)11-7-17(16-15-11)12-6-8(18-2)4-5-9(12)13/h4-7,10H,3,14H2,1-2H3. The second-order valence-electron chi connectivity index (χ2n) is 3.92. The molecule has 96 valence electrons. The minimum Gasteiger partial charge on any atom is -0.497 e. The van der Waals surface area contributed by atoms with Crippen molar-refractivity contribution in [1.29, 1.82) is 0 Å². The van der Waals surface area contributed by atoms with E-state index in [9.17, 15) is 4.39 Å². The van der Waals surface area contributed by atoms with Crippen molar-refractivity contribution in [2.75, 3.05) is 7.11 Å². The van der Waals surface area contributed by atoms with Gasteiger partial charge in [0.2, 0.25) is 0 Å². The fourth-order valence-corrected chi connectivity index (χ4v) is 1.57. The van der Waals surface area contributed by atoms with E-state index in [4.69, 9.17) is 10.5 Å². The topological polar surface area (TPSA) is 66.0 Å². The molecule has 0 spiro atoms. The minimum atomic E-state index is -0.391. The van der Waals surface area contributed by atoms with Gasteiger partial charge in [-0.25, -0.2) is 9.07 Å². The summed E-state index contributed by atoms with van der Waals surface area (Å²) in [5.74, 6) is 0.167. The maximum Gasteiger partial charge on any atom is 0.149 e. The van der Waals surface area contributed by atoms with Gasteiger partial charge in [-0.1, -0.05) is 12.1 Å². The average Bonchev–Trinajstić information content (AvgIpc) is 2.88. The molecule has 0 saturated carbocycles. The van der Waals surface area contributed by atoms with Crippen molar-refractivity contribution < 1.29 is 9.13 Å². The van der Waals surface area contributed by atoms with Crippen LogP contribution in [0.25, 0.3) is 5.69 Å². The number of nitrogens with two attached hydrogens (primary N) is 1. The van der Waals surface area contributed by atoms with Crippen molar-refractivity contribution in [2.45, 2.75) is 19.4 Å². The van der Waals surface area contributed by atoms with Crippen molar-refractivity contribution in [3.05, 3.63) is 35.9 Å². The van der Waals surface area contributed by atoms with E-state index in [1.165, 1.54) is 17.9 Å². The van der Waals surface area contributed by atoms with Crippen LogP contribution in [0.5, 0.6) is 5.75 Å². The van der Waals surface area contributed by atoms with Gasteiger partial charge >= 0.3 is 0 Å². The Morgan fingerprint density at radius 1 is 1.50 bits per heavy atom. The molecule has 0 bridgehead atoms. The Morgan fingerprint density at radius 2 is 2.28 bits per heavy atom. The zero-order chi connectivity index (χ0) is 13.1. The van der Waals surface area contributed by atoms with Crippen LogP contribution in [-0.4, -0.2) is 22.1 Å². The maximum atomic E-state index is 13.7. The molecule has 1 aromatic heterocycles. The van der Waals surface area contributed by atoms with Crippen LogP contribution >= 0.6 is 0 Å². The van der Waals surface area contributed by atoms with Crippen molar-refractivity contribution in [1.82, 2.24) is 15.0 Å². The molecule has 0 aliphatic rings. The fourth-order valence-electron chi connectivity index (χ4n) is 1.57. The Balaban J connectivity index is 2.39. The Bertz CT molecular complexity index is 541. The molecule has 0 amide bonds. The van der Waals surface area contributed by atoms with Gasteiger partial charge in [0.25, 0.3) is 0 Å². The number of benzene rings is 1. The Labute approximate surface area is 104 Å². The lowest BCUT2D eigenvalue weighted by molar-refractivity contribution is 0.413. The summed E-state index contributed by atoms with van der Waals surface area (Å²) in [6.45, 7) is 1.95. The van der Waals surface area contributed by atoms with E-state index < -0.39 is 5.82 Å². The highest BCUT2D eigenvalue weighted by Crippen LogP contribution is 2.20. The van der Waals surface area contributed by atoms with Gasteiger partial charge in [0.1, 0.15) is 17.3 Å². The molecular formula is C12H15FN4O. The number of hydrogen-bond donors (Lipinski definition) is 1. The number of aromatic nitrogens is 3. The van der Waals surface area contributed by atoms with Gasteiger partial charge in [0.05, 0.1) is 25.0 Å². The first-order valence-corrected chi connectivity index (χ1v) is 5.67. The maximum absolute atomic E-state index is 13.7. The number of halogens is 1. The highest BCUT2D eigenvalue weighted by Gasteiger charge is 2.12. The largest absolute Gasteiger partial charge is 0.497 e. The van der Waals surface area contributed by atoms with E-state index in [1.54, 1.807) is 18.3 Å². The first kappa shape index (κ1) is 12.5. The van der Waals surface area contributed by atoms with Crippen molar-refractivity contribution >= 4 is 0 Å². The Hall–Kier alpha value is -1.95. The first-order valence-electron chi connectivity index (χ1n) is 5.67. The predicted molar refractivity (Wildman–Crippen MR) is 65.1 cm³/mol. The van der Waals surface area contributed by atoms with Gasteiger partial charge < -0.3 is 10.5 Å². The van der Waals surface area contributed by atoms with E-state index in [-0.39, 0.29) is 11.7 Å². The lowest BCUT2D eigenvalue weighted by atomic mass is 10.2. The molecule has 0 saturated heterocycles. The van der Waals surface area contributed by atoms with Crippen LogP contribution in [0.2, 0.25) is 0 Å². The lowest BCUT2D eigenvalue weighted by Gasteiger charge is -2.05. The Morgan fingerprint density at radius 3 is 2.94 bits per heavy atom. The summed E-state index contributed by atoms with van der Waals surface area (Å²) >= 11 is 0. The number of nitrogens with zero attached hydrogens (tertiary/aromatic N) is 3. The lowest BCUT2D eigenvalue weighted by Crippen LogP contribution is -2.08. The summed E-state index contributed by atoms with van der Waals surface area (Å²) in [5, 5.41) is 7.82. The molecular weight excluding hydrogens is 235 g/mol. The molecule has 2 N–H and O–H groups in total. The molecule has 1 atom stereocenters. The van der Waals surface area contributed by atoms with Gasteiger partial charge in [-0.3, -0.25) is 0 Å². The molecule has 0 fully saturated rings. The van der Waals surface area contributed by atoms with E-state index in [0.717, 1.165) is 6.42 Å². The molecule has 18 heavy (non-hydrogen) atoms. The van der Waals surface area contributed by atoms with Crippen LogP contribution in [0.1, 0.15) is 25.1 Å². The van der Waals surface area contributed by atoms with E-state index in [2.05, 4.69) is 10.3 Å². The molecule has 5 nitrogen and oxygen atoms in total. The molecule has 0 aliphatic heterocycles. The van der Waals surface area contributed by atoms with Crippen molar-refractivity contribution in [3.63, 3.8) is 0 Å². The van der Waals surface area contributed by atoms with Gasteiger partial charge in [0, 0.05) is 6.07 Å². The molecule has 2 aromatic rings. The third kappa shape index (κ3) is 2.33. The monoisotopic (exact) mass is 250 g/mol. The van der Waals surface area contributed by atoms with Gasteiger partial charge in [0.15, 0.2) is 0 Å². The quantitative estimate of drug-likeness (QED) is 0.899. The summed E-state index contributed by atoms with van der Waals surface area (Å²) < 4.78 is 20.1. The summed E-state index contributed by atoms with van der Waals surface area (Å²) in [5.41, 5.74) is 6.77. The van der Waals surface area contributed by atoms with E-state index in [1.807, 2.05) is 6.92 Å². The van der Waals surface area contributed by atoms with Crippen LogP contribution in [-0.2, 0) is 0 Å². The fraction of sp³-hybridized carbons (Fsp3) is 0.333. The zero-order valence-corrected chi connectivity index (χ0v) is 10.3. The summed E-state index contributed by atoms with van der Waals surface area (Å²) in [6.07, 6.45) is 2.38. The molecule has 0 radical (unpaired) electrons. The highest BCUT2D eigenvalue weighted by molar-refractivity contribution is 5.40. The van der Waals surface area contributed by atoms with E-state index in [0.29, 0.717) is 11.4 Å². The van der Waals surface area contributed by atoms with Crippen LogP contribution in [0, 0.1) is 5.82 Å². The highest BCUT2D eigenvalue weighted by atomic mass is 19.1. The number of methoxy groups -OCH3 is 1. The number of rotatable bonds is 4. The second-order valence-corrected chi connectivity index (χ2v) is 3.92. The van der Waals surface area contributed by atoms with Crippen LogP contribution in [0.4, 0.5) is 4.39 Å². The second kappa shape index (κ2) is 5.14. The molecule has 1 aromatic carbocycles. The van der Waals surface area contributed by atoms with Gasteiger partial charge in [-0.15, -0.1) is 5.10 Å². The molecule has 6 heteroatoms. The normalized spacial score (nSPS) is 12.4. The van der Waals surface area contributed by atoms with E-state index >= 15 is 0 Å². The summed E-state index contributed by atoms with van der Waals surface area (Å²) in [7, 11) is 1.52.